The molecule has 0 aliphatic rings. The Labute approximate surface area is 186 Å². The zero-order valence-corrected chi connectivity index (χ0v) is 17.6. The number of methoxy groups -OCH3 is 2. The number of hydrogen-bond donors (Lipinski definition) is 1. The number of nitro groups is 1. The van der Waals surface area contributed by atoms with Gasteiger partial charge in [0.05, 0.1) is 31.0 Å². The number of hydrogen-bond acceptors (Lipinski definition) is 8. The van der Waals surface area contributed by atoms with Gasteiger partial charge in [0.15, 0.2) is 5.65 Å². The highest BCUT2D eigenvalue weighted by molar-refractivity contribution is 5.92. The van der Waals surface area contributed by atoms with E-state index in [4.69, 9.17) is 9.47 Å². The van der Waals surface area contributed by atoms with E-state index in [1.807, 2.05) is 0 Å². The van der Waals surface area contributed by atoms with E-state index in [1.54, 1.807) is 24.3 Å². The molecule has 0 aliphatic heterocycles. The maximum atomic E-state index is 12.9. The summed E-state index contributed by atoms with van der Waals surface area (Å²) in [4.78, 5) is 40.5. The lowest BCUT2D eigenvalue weighted by Crippen LogP contribution is -2.28. The summed E-state index contributed by atoms with van der Waals surface area (Å²) in [7, 11) is 2.97. The van der Waals surface area contributed by atoms with Crippen LogP contribution < -0.4 is 20.3 Å². The summed E-state index contributed by atoms with van der Waals surface area (Å²) in [6, 6.07) is 10.9. The number of nitro benzene ring substituents is 1. The van der Waals surface area contributed by atoms with Crippen molar-refractivity contribution in [1.29, 1.82) is 0 Å². The summed E-state index contributed by atoms with van der Waals surface area (Å²) in [5.41, 5.74) is 0.0341. The zero-order valence-electron chi connectivity index (χ0n) is 17.6. The second-order valence-electron chi connectivity index (χ2n) is 6.83. The Morgan fingerprint density at radius 3 is 2.70 bits per heavy atom. The number of fused-ring (bicyclic) bond motifs is 1. The molecule has 0 spiro atoms. The summed E-state index contributed by atoms with van der Waals surface area (Å²) in [6.45, 7) is -0.312. The Bertz CT molecular complexity index is 1430. The van der Waals surface area contributed by atoms with E-state index in [1.165, 1.54) is 49.6 Å². The molecule has 2 aromatic carbocycles. The standard InChI is InChI=1S/C21H18N6O6/c1-32-13-7-8-15(18(9-13)33-2)24-19(28)11-25-12-22-20-14(21(25)29)10-23-26(20)16-5-3-4-6-17(16)27(30)31/h3-10,12H,11H2,1-2H3,(H,24,28). The van der Waals surface area contributed by atoms with Gasteiger partial charge in [0, 0.05) is 12.1 Å². The van der Waals surface area contributed by atoms with Crippen molar-refractivity contribution in [3.05, 3.63) is 75.5 Å². The van der Waals surface area contributed by atoms with Crippen LogP contribution in [-0.4, -0.2) is 44.4 Å². The molecule has 2 heterocycles. The topological polar surface area (TPSA) is 143 Å². The summed E-state index contributed by atoms with van der Waals surface area (Å²) in [5.74, 6) is 0.480. The van der Waals surface area contributed by atoms with E-state index in [-0.39, 0.29) is 29.0 Å². The monoisotopic (exact) mass is 450 g/mol. The van der Waals surface area contributed by atoms with Crippen molar-refractivity contribution in [1.82, 2.24) is 19.3 Å². The molecule has 0 fully saturated rings. The van der Waals surface area contributed by atoms with Crippen molar-refractivity contribution in [3.8, 4) is 17.2 Å². The summed E-state index contributed by atoms with van der Waals surface area (Å²) in [5, 5.41) is 18.2. The van der Waals surface area contributed by atoms with Crippen LogP contribution in [0.1, 0.15) is 0 Å². The van der Waals surface area contributed by atoms with Crippen LogP contribution in [-0.2, 0) is 11.3 Å². The van der Waals surface area contributed by atoms with Crippen molar-refractivity contribution in [2.75, 3.05) is 19.5 Å². The van der Waals surface area contributed by atoms with Gasteiger partial charge in [-0.2, -0.15) is 5.10 Å². The first-order valence-electron chi connectivity index (χ1n) is 9.61. The normalized spacial score (nSPS) is 10.7. The molecule has 12 heteroatoms. The molecule has 0 radical (unpaired) electrons. The maximum absolute atomic E-state index is 12.9. The van der Waals surface area contributed by atoms with E-state index >= 15 is 0 Å². The molecule has 2 aromatic heterocycles. The van der Waals surface area contributed by atoms with E-state index in [9.17, 15) is 19.7 Å². The number of rotatable bonds is 7. The third-order valence-electron chi connectivity index (χ3n) is 4.86. The second kappa shape index (κ2) is 8.78. The molecule has 4 rings (SSSR count). The largest absolute Gasteiger partial charge is 0.497 e. The highest BCUT2D eigenvalue weighted by atomic mass is 16.6. The molecule has 0 aliphatic carbocycles. The van der Waals surface area contributed by atoms with Crippen molar-refractivity contribution in [3.63, 3.8) is 0 Å². The highest BCUT2D eigenvalue weighted by Crippen LogP contribution is 2.29. The molecular formula is C21H18N6O6. The van der Waals surface area contributed by atoms with Gasteiger partial charge in [-0.05, 0) is 18.2 Å². The molecular weight excluding hydrogens is 432 g/mol. The Balaban J connectivity index is 1.62. The molecule has 12 nitrogen and oxygen atoms in total. The van der Waals surface area contributed by atoms with Crippen LogP contribution in [0, 0.1) is 10.1 Å². The fourth-order valence-corrected chi connectivity index (χ4v) is 3.28. The first-order valence-corrected chi connectivity index (χ1v) is 9.61. The lowest BCUT2D eigenvalue weighted by Gasteiger charge is -2.12. The number of nitrogens with one attached hydrogen (secondary N) is 1. The van der Waals surface area contributed by atoms with Crippen molar-refractivity contribution in [2.24, 2.45) is 0 Å². The van der Waals surface area contributed by atoms with Crippen LogP contribution in [0.4, 0.5) is 11.4 Å². The van der Waals surface area contributed by atoms with Gasteiger partial charge >= 0.3 is 0 Å². The average molecular weight is 450 g/mol. The van der Waals surface area contributed by atoms with Crippen LogP contribution in [0.3, 0.4) is 0 Å². The van der Waals surface area contributed by atoms with E-state index in [0.717, 1.165) is 4.57 Å². The molecule has 4 aromatic rings. The van der Waals surface area contributed by atoms with Gasteiger partial charge in [-0.25, -0.2) is 9.67 Å². The van der Waals surface area contributed by atoms with Crippen molar-refractivity contribution in [2.45, 2.75) is 6.54 Å². The van der Waals surface area contributed by atoms with E-state index in [2.05, 4.69) is 15.4 Å². The molecule has 1 N–H and O–H groups in total. The van der Waals surface area contributed by atoms with Gasteiger partial charge in [0.25, 0.3) is 11.2 Å². The predicted molar refractivity (Wildman–Crippen MR) is 118 cm³/mol. The predicted octanol–water partition coefficient (Wildman–Crippen LogP) is 2.15. The van der Waals surface area contributed by atoms with Crippen LogP contribution in [0.5, 0.6) is 11.5 Å². The average Bonchev–Trinajstić information content (AvgIpc) is 3.25. The van der Waals surface area contributed by atoms with Crippen LogP contribution >= 0.6 is 0 Å². The summed E-state index contributed by atoms with van der Waals surface area (Å²) in [6.07, 6.45) is 2.46. The molecule has 168 valence electrons. The van der Waals surface area contributed by atoms with Crippen LogP contribution in [0.15, 0.2) is 59.8 Å². The number of anilines is 1. The summed E-state index contributed by atoms with van der Waals surface area (Å²) < 4.78 is 12.7. The molecule has 0 saturated heterocycles. The molecule has 0 bridgehead atoms. The fraction of sp³-hybridized carbons (Fsp3) is 0.143. The minimum Gasteiger partial charge on any atom is -0.497 e. The Kier molecular flexibility index (Phi) is 5.72. The SMILES string of the molecule is COc1ccc(NC(=O)Cn2cnc3c(cnn3-c3ccccc3[N+](=O)[O-])c2=O)c(OC)c1. The number of aromatic nitrogens is 4. The van der Waals surface area contributed by atoms with Gasteiger partial charge in [-0.1, -0.05) is 12.1 Å². The third-order valence-corrected chi connectivity index (χ3v) is 4.86. The number of amides is 1. The molecule has 33 heavy (non-hydrogen) atoms. The Hall–Kier alpha value is -4.74. The van der Waals surface area contributed by atoms with Crippen molar-refractivity contribution >= 4 is 28.3 Å². The zero-order chi connectivity index (χ0) is 23.5. The molecule has 0 atom stereocenters. The Morgan fingerprint density at radius 2 is 1.97 bits per heavy atom. The maximum Gasteiger partial charge on any atom is 0.294 e. The number of nitrogens with zero attached hydrogens (tertiary/aromatic N) is 5. The Morgan fingerprint density at radius 1 is 1.18 bits per heavy atom. The number of carbonyl (C=O) groups is 1. The third kappa shape index (κ3) is 4.08. The van der Waals surface area contributed by atoms with E-state index in [0.29, 0.717) is 17.2 Å². The van der Waals surface area contributed by atoms with Gasteiger partial charge in [-0.15, -0.1) is 0 Å². The van der Waals surface area contributed by atoms with Gasteiger partial charge < -0.3 is 14.8 Å². The smallest absolute Gasteiger partial charge is 0.294 e. The number of para-hydroxylation sites is 2. The molecule has 0 saturated carbocycles. The quantitative estimate of drug-likeness (QED) is 0.333. The molecule has 0 unspecified atom stereocenters. The second-order valence-corrected chi connectivity index (χ2v) is 6.83. The van der Waals surface area contributed by atoms with Gasteiger partial charge in [-0.3, -0.25) is 24.3 Å². The number of benzene rings is 2. The van der Waals surface area contributed by atoms with Crippen molar-refractivity contribution < 1.29 is 19.2 Å². The number of carbonyl (C=O) groups excluding carboxylic acids is 1. The highest BCUT2D eigenvalue weighted by Gasteiger charge is 2.19. The minimum atomic E-state index is -0.540. The van der Waals surface area contributed by atoms with Crippen LogP contribution in [0.2, 0.25) is 0 Å². The molecule has 1 amide bonds. The lowest BCUT2D eigenvalue weighted by molar-refractivity contribution is -0.384. The van der Waals surface area contributed by atoms with Gasteiger partial charge in [0.2, 0.25) is 5.91 Å². The first kappa shape index (κ1) is 21.5. The lowest BCUT2D eigenvalue weighted by atomic mass is 10.2. The minimum absolute atomic E-state index is 0.116. The first-order chi connectivity index (χ1) is 15.9. The number of ether oxygens (including phenoxy) is 2. The van der Waals surface area contributed by atoms with Crippen LogP contribution in [0.25, 0.3) is 16.7 Å². The van der Waals surface area contributed by atoms with Gasteiger partial charge in [0.1, 0.15) is 35.4 Å². The fourth-order valence-electron chi connectivity index (χ4n) is 3.28. The summed E-state index contributed by atoms with van der Waals surface area (Å²) >= 11 is 0. The van der Waals surface area contributed by atoms with E-state index < -0.39 is 16.4 Å².